The number of aliphatic carboxylic acids is 1. The molecule has 1 N–H and O–H groups in total. The summed E-state index contributed by atoms with van der Waals surface area (Å²) in [5.74, 6) is -0.566. The highest BCUT2D eigenvalue weighted by atomic mass is 32.2. The van der Waals surface area contributed by atoms with E-state index in [4.69, 9.17) is 5.11 Å². The van der Waals surface area contributed by atoms with Crippen LogP contribution in [0.5, 0.6) is 0 Å². The molecule has 1 unspecified atom stereocenters. The van der Waals surface area contributed by atoms with Gasteiger partial charge in [-0.1, -0.05) is 20.8 Å². The van der Waals surface area contributed by atoms with E-state index in [9.17, 15) is 9.59 Å². The molecule has 1 aliphatic heterocycles. The molecule has 92 valence electrons. The molecule has 1 atom stereocenters. The molecule has 4 nitrogen and oxygen atoms in total. The van der Waals surface area contributed by atoms with Crippen LogP contribution in [0, 0.1) is 0 Å². The molecule has 0 aromatic rings. The number of hydrogen-bond donors (Lipinski definition) is 1. The lowest BCUT2D eigenvalue weighted by molar-refractivity contribution is -0.147. The lowest BCUT2D eigenvalue weighted by Gasteiger charge is -2.23. The standard InChI is InChI=1S/C11H19NO3S/c1-11(2,3)16-7-9(13)12-6-4-5-8(12)10(14)15/h8H,4-7H2,1-3H3,(H,14,15). The van der Waals surface area contributed by atoms with Gasteiger partial charge in [-0.25, -0.2) is 4.79 Å². The molecule has 1 heterocycles. The Bertz CT molecular complexity index is 285. The maximum Gasteiger partial charge on any atom is 0.326 e. The Hall–Kier alpha value is -0.710. The molecule has 16 heavy (non-hydrogen) atoms. The van der Waals surface area contributed by atoms with Crippen molar-refractivity contribution in [2.75, 3.05) is 12.3 Å². The van der Waals surface area contributed by atoms with Crippen LogP contribution in [0.15, 0.2) is 0 Å². The monoisotopic (exact) mass is 245 g/mol. The summed E-state index contributed by atoms with van der Waals surface area (Å²) in [6.07, 6.45) is 1.38. The fraction of sp³-hybridized carbons (Fsp3) is 0.818. The summed E-state index contributed by atoms with van der Waals surface area (Å²) in [6, 6.07) is -0.604. The van der Waals surface area contributed by atoms with Crippen molar-refractivity contribution in [1.29, 1.82) is 0 Å². The SMILES string of the molecule is CC(C)(C)SCC(=O)N1CCCC1C(=O)O. The highest BCUT2D eigenvalue weighted by Gasteiger charge is 2.34. The minimum absolute atomic E-state index is 0.0358. The fourth-order valence-corrected chi connectivity index (χ4v) is 2.41. The molecule has 1 amide bonds. The molecule has 1 rings (SSSR count). The van der Waals surface area contributed by atoms with Crippen LogP contribution >= 0.6 is 11.8 Å². The van der Waals surface area contributed by atoms with Gasteiger partial charge in [0.1, 0.15) is 6.04 Å². The van der Waals surface area contributed by atoms with E-state index >= 15 is 0 Å². The molecular formula is C11H19NO3S. The number of amides is 1. The van der Waals surface area contributed by atoms with E-state index in [2.05, 4.69) is 0 Å². The van der Waals surface area contributed by atoms with Crippen LogP contribution in [-0.2, 0) is 9.59 Å². The van der Waals surface area contributed by atoms with Gasteiger partial charge in [0.2, 0.25) is 5.91 Å². The van der Waals surface area contributed by atoms with Crippen LogP contribution < -0.4 is 0 Å². The smallest absolute Gasteiger partial charge is 0.326 e. The number of rotatable bonds is 3. The highest BCUT2D eigenvalue weighted by molar-refractivity contribution is 8.01. The Morgan fingerprint density at radius 3 is 2.56 bits per heavy atom. The van der Waals surface area contributed by atoms with Crippen molar-refractivity contribution in [1.82, 2.24) is 4.90 Å². The molecule has 0 spiro atoms. The van der Waals surface area contributed by atoms with Gasteiger partial charge >= 0.3 is 5.97 Å². The summed E-state index contributed by atoms with van der Waals surface area (Å²) in [5, 5.41) is 8.96. The molecule has 1 fully saturated rings. The van der Waals surface area contributed by atoms with Gasteiger partial charge in [0.15, 0.2) is 0 Å². The fourth-order valence-electron chi connectivity index (χ4n) is 1.68. The number of carboxylic acid groups (broad SMARTS) is 1. The predicted octanol–water partition coefficient (Wildman–Crippen LogP) is 1.59. The van der Waals surface area contributed by atoms with Crippen LogP contribution in [0.4, 0.5) is 0 Å². The quantitative estimate of drug-likeness (QED) is 0.820. The summed E-state index contributed by atoms with van der Waals surface area (Å²) >= 11 is 1.56. The summed E-state index contributed by atoms with van der Waals surface area (Å²) in [4.78, 5) is 24.3. The van der Waals surface area contributed by atoms with Crippen molar-refractivity contribution >= 4 is 23.6 Å². The van der Waals surface area contributed by atoms with Crippen LogP contribution in [0.3, 0.4) is 0 Å². The Labute approximate surface area is 100 Å². The van der Waals surface area contributed by atoms with Crippen molar-refractivity contribution in [3.8, 4) is 0 Å². The normalized spacial score (nSPS) is 21.2. The minimum Gasteiger partial charge on any atom is -0.480 e. The van der Waals surface area contributed by atoms with Crippen molar-refractivity contribution in [3.63, 3.8) is 0 Å². The predicted molar refractivity (Wildman–Crippen MR) is 64.6 cm³/mol. The number of carbonyl (C=O) groups is 2. The first-order chi connectivity index (χ1) is 7.31. The Morgan fingerprint density at radius 2 is 2.06 bits per heavy atom. The van der Waals surface area contributed by atoms with Crippen LogP contribution in [0.25, 0.3) is 0 Å². The largest absolute Gasteiger partial charge is 0.480 e. The molecule has 0 radical (unpaired) electrons. The van der Waals surface area contributed by atoms with Crippen molar-refractivity contribution < 1.29 is 14.7 Å². The van der Waals surface area contributed by atoms with Gasteiger partial charge in [0.05, 0.1) is 5.75 Å². The lowest BCUT2D eigenvalue weighted by Crippen LogP contribution is -2.41. The summed E-state index contributed by atoms with van der Waals surface area (Å²) < 4.78 is 0.0358. The first-order valence-corrected chi connectivity index (χ1v) is 6.46. The lowest BCUT2D eigenvalue weighted by atomic mass is 10.2. The van der Waals surface area contributed by atoms with Gasteiger partial charge in [0.25, 0.3) is 0 Å². The zero-order valence-corrected chi connectivity index (χ0v) is 10.8. The summed E-state index contributed by atoms with van der Waals surface area (Å²) in [6.45, 7) is 6.72. The molecule has 5 heteroatoms. The van der Waals surface area contributed by atoms with Gasteiger partial charge in [-0.05, 0) is 12.8 Å². The van der Waals surface area contributed by atoms with E-state index in [0.717, 1.165) is 6.42 Å². The van der Waals surface area contributed by atoms with E-state index in [0.29, 0.717) is 18.7 Å². The molecule has 0 aromatic heterocycles. The maximum absolute atomic E-state index is 11.8. The van der Waals surface area contributed by atoms with E-state index < -0.39 is 12.0 Å². The minimum atomic E-state index is -0.883. The number of carbonyl (C=O) groups excluding carboxylic acids is 1. The second kappa shape index (κ2) is 5.08. The third kappa shape index (κ3) is 3.70. The third-order valence-corrected chi connectivity index (χ3v) is 3.74. The van der Waals surface area contributed by atoms with Gasteiger partial charge < -0.3 is 10.0 Å². The van der Waals surface area contributed by atoms with Gasteiger partial charge in [-0.3, -0.25) is 4.79 Å². The first-order valence-electron chi connectivity index (χ1n) is 5.47. The topological polar surface area (TPSA) is 57.6 Å². The second-order valence-electron chi connectivity index (χ2n) is 4.98. The van der Waals surface area contributed by atoms with Gasteiger partial charge in [0, 0.05) is 11.3 Å². The average molecular weight is 245 g/mol. The number of carboxylic acids is 1. The Morgan fingerprint density at radius 1 is 1.44 bits per heavy atom. The summed E-state index contributed by atoms with van der Waals surface area (Å²) in [5.41, 5.74) is 0. The van der Waals surface area contributed by atoms with Crippen LogP contribution in [-0.4, -0.2) is 45.0 Å². The number of thioether (sulfide) groups is 1. The number of likely N-dealkylation sites (tertiary alicyclic amines) is 1. The first kappa shape index (κ1) is 13.4. The molecule has 1 aliphatic rings. The van der Waals surface area contributed by atoms with Crippen molar-refractivity contribution in [2.24, 2.45) is 0 Å². The number of hydrogen-bond acceptors (Lipinski definition) is 3. The molecule has 0 aromatic carbocycles. The molecule has 1 saturated heterocycles. The van der Waals surface area contributed by atoms with Gasteiger partial charge in [-0.15, -0.1) is 11.8 Å². The van der Waals surface area contributed by atoms with Crippen LogP contribution in [0.1, 0.15) is 33.6 Å². The van der Waals surface area contributed by atoms with E-state index in [1.165, 1.54) is 4.90 Å². The highest BCUT2D eigenvalue weighted by Crippen LogP contribution is 2.25. The molecule has 0 saturated carbocycles. The van der Waals surface area contributed by atoms with Crippen molar-refractivity contribution in [3.05, 3.63) is 0 Å². The zero-order chi connectivity index (χ0) is 12.3. The Balaban J connectivity index is 2.50. The second-order valence-corrected chi connectivity index (χ2v) is 6.79. The molecule has 0 bridgehead atoms. The van der Waals surface area contributed by atoms with Crippen molar-refractivity contribution in [2.45, 2.75) is 44.4 Å². The third-order valence-electron chi connectivity index (χ3n) is 2.49. The number of nitrogens with zero attached hydrogens (tertiary/aromatic N) is 1. The molecule has 0 aliphatic carbocycles. The average Bonchev–Trinajstić information content (AvgIpc) is 2.61. The van der Waals surface area contributed by atoms with E-state index in [1.54, 1.807) is 11.8 Å². The Kier molecular flexibility index (Phi) is 4.24. The van der Waals surface area contributed by atoms with E-state index in [1.807, 2.05) is 20.8 Å². The van der Waals surface area contributed by atoms with Crippen LogP contribution in [0.2, 0.25) is 0 Å². The maximum atomic E-state index is 11.8. The molecular weight excluding hydrogens is 226 g/mol. The van der Waals surface area contributed by atoms with E-state index in [-0.39, 0.29) is 10.7 Å². The van der Waals surface area contributed by atoms with Gasteiger partial charge in [-0.2, -0.15) is 0 Å². The zero-order valence-electron chi connectivity index (χ0n) is 10.0. The summed E-state index contributed by atoms with van der Waals surface area (Å²) in [7, 11) is 0.